The summed E-state index contributed by atoms with van der Waals surface area (Å²) in [6, 6.07) is 0. The van der Waals surface area contributed by atoms with Crippen LogP contribution in [-0.2, 0) is 0 Å². The molecule has 82 valence electrons. The molecule has 1 rings (SSSR count). The summed E-state index contributed by atoms with van der Waals surface area (Å²) < 4.78 is 0. The summed E-state index contributed by atoms with van der Waals surface area (Å²) in [5.41, 5.74) is -0.0375. The Morgan fingerprint density at radius 3 is 2.87 bits per heavy atom. The van der Waals surface area contributed by atoms with Crippen LogP contribution in [0, 0.1) is 5.92 Å². The van der Waals surface area contributed by atoms with Crippen LogP contribution in [0.2, 0.25) is 0 Å². The molecule has 2 N–H and O–H groups in total. The Kier molecular flexibility index (Phi) is 4.03. The number of anilines is 1. The summed E-state index contributed by atoms with van der Waals surface area (Å²) in [5, 5.41) is 11.7. The predicted octanol–water partition coefficient (Wildman–Crippen LogP) is 1.63. The normalized spacial score (nSPS) is 10.3. The summed E-state index contributed by atoms with van der Waals surface area (Å²) >= 11 is 0. The molecule has 0 radical (unpaired) electrons. The maximum Gasteiger partial charge on any atom is 0.356 e. The molecule has 0 saturated heterocycles. The van der Waals surface area contributed by atoms with E-state index in [1.807, 2.05) is 0 Å². The number of carboxylic acids is 1. The monoisotopic (exact) mass is 209 g/mol. The number of rotatable bonds is 5. The van der Waals surface area contributed by atoms with E-state index in [4.69, 9.17) is 5.11 Å². The zero-order chi connectivity index (χ0) is 11.3. The summed E-state index contributed by atoms with van der Waals surface area (Å²) in [7, 11) is 0. The summed E-state index contributed by atoms with van der Waals surface area (Å²) in [6.45, 7) is 5.03. The molecule has 1 aromatic heterocycles. The molecule has 5 nitrogen and oxygen atoms in total. The van der Waals surface area contributed by atoms with Crippen molar-refractivity contribution in [1.29, 1.82) is 0 Å². The van der Waals surface area contributed by atoms with E-state index in [9.17, 15) is 4.79 Å². The quantitative estimate of drug-likeness (QED) is 0.770. The van der Waals surface area contributed by atoms with Gasteiger partial charge in [-0.25, -0.2) is 9.78 Å². The lowest BCUT2D eigenvalue weighted by Crippen LogP contribution is -2.09. The Morgan fingerprint density at radius 2 is 2.27 bits per heavy atom. The Labute approximate surface area is 88.6 Å². The summed E-state index contributed by atoms with van der Waals surface area (Å²) in [6.07, 6.45) is 3.77. The number of nitrogens with one attached hydrogen (secondary N) is 1. The lowest BCUT2D eigenvalue weighted by molar-refractivity contribution is 0.0690. The molecule has 5 heteroatoms. The first-order valence-corrected chi connectivity index (χ1v) is 4.89. The van der Waals surface area contributed by atoms with E-state index >= 15 is 0 Å². The second-order valence-electron chi connectivity index (χ2n) is 3.70. The molecule has 0 spiro atoms. The van der Waals surface area contributed by atoms with Gasteiger partial charge in [0.25, 0.3) is 0 Å². The highest BCUT2D eigenvalue weighted by molar-refractivity contribution is 5.85. The van der Waals surface area contributed by atoms with Crippen LogP contribution in [0.4, 0.5) is 5.82 Å². The lowest BCUT2D eigenvalue weighted by atomic mass is 10.1. The van der Waals surface area contributed by atoms with Crippen molar-refractivity contribution < 1.29 is 9.90 Å². The van der Waals surface area contributed by atoms with Gasteiger partial charge in [-0.3, -0.25) is 4.98 Å². The summed E-state index contributed by atoms with van der Waals surface area (Å²) in [4.78, 5) is 18.3. The molecule has 0 bridgehead atoms. The first kappa shape index (κ1) is 11.4. The van der Waals surface area contributed by atoms with Crippen molar-refractivity contribution in [3.8, 4) is 0 Å². The number of hydrogen-bond acceptors (Lipinski definition) is 4. The number of nitrogens with zero attached hydrogens (tertiary/aromatic N) is 2. The van der Waals surface area contributed by atoms with Crippen LogP contribution < -0.4 is 5.32 Å². The Balaban J connectivity index is 2.54. The van der Waals surface area contributed by atoms with E-state index in [0.29, 0.717) is 11.7 Å². The predicted molar refractivity (Wildman–Crippen MR) is 56.9 cm³/mol. The molecular weight excluding hydrogens is 194 g/mol. The van der Waals surface area contributed by atoms with Crippen molar-refractivity contribution >= 4 is 11.8 Å². The number of carbonyl (C=O) groups is 1. The molecule has 0 aliphatic carbocycles. The SMILES string of the molecule is CC(C)CCNc1cncc(C(=O)O)n1. The van der Waals surface area contributed by atoms with Crippen molar-refractivity contribution in [3.63, 3.8) is 0 Å². The molecule has 15 heavy (non-hydrogen) atoms. The van der Waals surface area contributed by atoms with Gasteiger partial charge in [-0.2, -0.15) is 0 Å². The van der Waals surface area contributed by atoms with Crippen LogP contribution in [0.3, 0.4) is 0 Å². The van der Waals surface area contributed by atoms with Crippen LogP contribution in [0.15, 0.2) is 12.4 Å². The molecule has 0 aromatic carbocycles. The van der Waals surface area contributed by atoms with Crippen LogP contribution in [0.25, 0.3) is 0 Å². The van der Waals surface area contributed by atoms with Gasteiger partial charge in [0.2, 0.25) is 0 Å². The minimum atomic E-state index is -1.06. The second kappa shape index (κ2) is 5.29. The minimum Gasteiger partial charge on any atom is -0.476 e. The maximum atomic E-state index is 10.6. The van der Waals surface area contributed by atoms with E-state index < -0.39 is 5.97 Å². The molecule has 1 aromatic rings. The van der Waals surface area contributed by atoms with Crippen LogP contribution >= 0.6 is 0 Å². The van der Waals surface area contributed by atoms with E-state index in [-0.39, 0.29) is 5.69 Å². The molecule has 1 heterocycles. The van der Waals surface area contributed by atoms with E-state index in [0.717, 1.165) is 13.0 Å². The standard InChI is InChI=1S/C10H15N3O2/c1-7(2)3-4-12-9-6-11-5-8(13-9)10(14)15/h5-7H,3-4H2,1-2H3,(H,12,13)(H,14,15). The summed E-state index contributed by atoms with van der Waals surface area (Å²) in [5.74, 6) is 0.0543. The molecule has 0 aliphatic rings. The molecular formula is C10H15N3O2. The van der Waals surface area contributed by atoms with Gasteiger partial charge in [-0.15, -0.1) is 0 Å². The van der Waals surface area contributed by atoms with E-state index in [1.54, 1.807) is 0 Å². The largest absolute Gasteiger partial charge is 0.476 e. The fourth-order valence-electron chi connectivity index (χ4n) is 1.04. The highest BCUT2D eigenvalue weighted by Gasteiger charge is 2.05. The zero-order valence-electron chi connectivity index (χ0n) is 8.90. The number of carboxylic acid groups (broad SMARTS) is 1. The van der Waals surface area contributed by atoms with Crippen LogP contribution in [0.5, 0.6) is 0 Å². The van der Waals surface area contributed by atoms with Gasteiger partial charge in [0, 0.05) is 6.54 Å². The minimum absolute atomic E-state index is 0.0375. The Morgan fingerprint density at radius 1 is 1.53 bits per heavy atom. The van der Waals surface area contributed by atoms with E-state index in [1.165, 1.54) is 12.4 Å². The zero-order valence-corrected chi connectivity index (χ0v) is 8.90. The topological polar surface area (TPSA) is 75.1 Å². The molecule has 0 aliphatic heterocycles. The lowest BCUT2D eigenvalue weighted by Gasteiger charge is -2.07. The highest BCUT2D eigenvalue weighted by Crippen LogP contribution is 2.04. The van der Waals surface area contributed by atoms with Crippen molar-refractivity contribution in [3.05, 3.63) is 18.1 Å². The van der Waals surface area contributed by atoms with Gasteiger partial charge in [0.1, 0.15) is 5.82 Å². The average molecular weight is 209 g/mol. The van der Waals surface area contributed by atoms with Crippen molar-refractivity contribution in [1.82, 2.24) is 9.97 Å². The first-order chi connectivity index (χ1) is 7.09. The van der Waals surface area contributed by atoms with Crippen LogP contribution in [-0.4, -0.2) is 27.6 Å². The first-order valence-electron chi connectivity index (χ1n) is 4.89. The average Bonchev–Trinajstić information content (AvgIpc) is 2.17. The van der Waals surface area contributed by atoms with Gasteiger partial charge in [-0.1, -0.05) is 13.8 Å². The number of hydrogen-bond donors (Lipinski definition) is 2. The smallest absolute Gasteiger partial charge is 0.356 e. The second-order valence-corrected chi connectivity index (χ2v) is 3.70. The van der Waals surface area contributed by atoms with Crippen molar-refractivity contribution in [2.75, 3.05) is 11.9 Å². The molecule has 0 fully saturated rings. The van der Waals surface area contributed by atoms with E-state index in [2.05, 4.69) is 29.1 Å². The third-order valence-electron chi connectivity index (χ3n) is 1.88. The Bertz CT molecular complexity index is 339. The van der Waals surface area contributed by atoms with Crippen LogP contribution in [0.1, 0.15) is 30.8 Å². The molecule has 0 saturated carbocycles. The van der Waals surface area contributed by atoms with Gasteiger partial charge in [0.15, 0.2) is 5.69 Å². The molecule has 0 atom stereocenters. The van der Waals surface area contributed by atoms with Crippen molar-refractivity contribution in [2.24, 2.45) is 5.92 Å². The highest BCUT2D eigenvalue weighted by atomic mass is 16.4. The molecule has 0 unspecified atom stereocenters. The van der Waals surface area contributed by atoms with Gasteiger partial charge in [-0.05, 0) is 12.3 Å². The third-order valence-corrected chi connectivity index (χ3v) is 1.88. The van der Waals surface area contributed by atoms with Gasteiger partial charge in [0.05, 0.1) is 12.4 Å². The fraction of sp³-hybridized carbons (Fsp3) is 0.500. The van der Waals surface area contributed by atoms with Gasteiger partial charge < -0.3 is 10.4 Å². The third kappa shape index (κ3) is 3.93. The fourth-order valence-corrected chi connectivity index (χ4v) is 1.04. The van der Waals surface area contributed by atoms with Crippen molar-refractivity contribution in [2.45, 2.75) is 20.3 Å². The maximum absolute atomic E-state index is 10.6. The molecule has 0 amide bonds. The van der Waals surface area contributed by atoms with Gasteiger partial charge >= 0.3 is 5.97 Å². The Hall–Kier alpha value is -1.65. The number of aromatic nitrogens is 2. The number of aromatic carboxylic acids is 1.